The summed E-state index contributed by atoms with van der Waals surface area (Å²) in [7, 11) is 0. The normalized spacial score (nSPS) is 31.1. The predicted molar refractivity (Wildman–Crippen MR) is 81.9 cm³/mol. The van der Waals surface area contributed by atoms with Crippen molar-refractivity contribution < 1.29 is 18.8 Å². The van der Waals surface area contributed by atoms with Crippen molar-refractivity contribution in [3.8, 4) is 0 Å². The van der Waals surface area contributed by atoms with Crippen LogP contribution in [0.25, 0.3) is 0 Å². The average Bonchev–Trinajstić information content (AvgIpc) is 3.10. The van der Waals surface area contributed by atoms with Crippen LogP contribution >= 0.6 is 0 Å². The van der Waals surface area contributed by atoms with Crippen molar-refractivity contribution in [2.24, 2.45) is 0 Å². The van der Waals surface area contributed by atoms with E-state index < -0.39 is 22.8 Å². The molecule has 130 valence electrons. The number of ether oxygens (including phenoxy) is 1. The first kappa shape index (κ1) is 15.6. The fraction of sp³-hybridized carbons (Fsp3) is 0.750. The third-order valence-electron chi connectivity index (χ3n) is 5.14. The van der Waals surface area contributed by atoms with Crippen LogP contribution in [0.1, 0.15) is 64.6 Å². The van der Waals surface area contributed by atoms with E-state index in [0.29, 0.717) is 24.1 Å². The second-order valence-corrected chi connectivity index (χ2v) is 8.10. The van der Waals surface area contributed by atoms with Gasteiger partial charge in [-0.05, 0) is 40.5 Å². The highest BCUT2D eigenvalue weighted by Crippen LogP contribution is 2.48. The van der Waals surface area contributed by atoms with Crippen molar-refractivity contribution in [2.45, 2.75) is 76.2 Å². The molecule has 1 aliphatic carbocycles. The Morgan fingerprint density at radius 3 is 2.54 bits per heavy atom. The molecule has 1 aromatic heterocycles. The van der Waals surface area contributed by atoms with Crippen molar-refractivity contribution in [3.63, 3.8) is 0 Å². The lowest BCUT2D eigenvalue weighted by Gasteiger charge is -2.33. The van der Waals surface area contributed by atoms with Crippen LogP contribution in [0.2, 0.25) is 0 Å². The number of urea groups is 1. The van der Waals surface area contributed by atoms with Crippen molar-refractivity contribution in [1.29, 1.82) is 0 Å². The van der Waals surface area contributed by atoms with Gasteiger partial charge in [-0.15, -0.1) is 0 Å². The van der Waals surface area contributed by atoms with Crippen LogP contribution in [0.5, 0.6) is 0 Å². The SMILES string of the molecule is CC1(C)CC2(NC(=O)N(Cc3noc(C4CC4)n3)C2=O)C(C)(C)O1. The summed E-state index contributed by atoms with van der Waals surface area (Å²) in [6.07, 6.45) is 2.52. The quantitative estimate of drug-likeness (QED) is 0.845. The standard InChI is InChI=1S/C16H22N4O4/c1-14(2)8-16(15(3,4)24-14)12(21)20(13(22)18-16)7-10-17-11(23-19-10)9-5-6-9/h9H,5-8H2,1-4H3,(H,18,22). The first-order valence-corrected chi connectivity index (χ1v) is 8.30. The Labute approximate surface area is 139 Å². The molecule has 3 heterocycles. The molecule has 1 N–H and O–H groups in total. The summed E-state index contributed by atoms with van der Waals surface area (Å²) in [6.45, 7) is 7.53. The molecular formula is C16H22N4O4. The number of aromatic nitrogens is 2. The van der Waals surface area contributed by atoms with Crippen LogP contribution in [-0.2, 0) is 16.1 Å². The smallest absolute Gasteiger partial charge is 0.325 e. The summed E-state index contributed by atoms with van der Waals surface area (Å²) in [5.74, 6) is 0.996. The first-order chi connectivity index (χ1) is 11.1. The highest BCUT2D eigenvalue weighted by molar-refractivity contribution is 6.08. The Hall–Kier alpha value is -1.96. The zero-order valence-corrected chi connectivity index (χ0v) is 14.4. The van der Waals surface area contributed by atoms with Gasteiger partial charge in [0.2, 0.25) is 5.89 Å². The lowest BCUT2D eigenvalue weighted by molar-refractivity contribution is -0.139. The molecule has 3 amide bonds. The van der Waals surface area contributed by atoms with Gasteiger partial charge in [-0.2, -0.15) is 4.98 Å². The monoisotopic (exact) mass is 334 g/mol. The molecule has 2 aliphatic heterocycles. The number of hydrogen-bond acceptors (Lipinski definition) is 6. The Kier molecular flexibility index (Phi) is 2.96. The topological polar surface area (TPSA) is 97.6 Å². The average molecular weight is 334 g/mol. The molecule has 4 rings (SSSR count). The fourth-order valence-electron chi connectivity index (χ4n) is 3.93. The third-order valence-corrected chi connectivity index (χ3v) is 5.14. The van der Waals surface area contributed by atoms with Gasteiger partial charge in [-0.3, -0.25) is 9.69 Å². The minimum Gasteiger partial charge on any atom is -0.367 e. The highest BCUT2D eigenvalue weighted by Gasteiger charge is 2.67. The number of amides is 3. The van der Waals surface area contributed by atoms with E-state index in [4.69, 9.17) is 9.26 Å². The highest BCUT2D eigenvalue weighted by atomic mass is 16.5. The van der Waals surface area contributed by atoms with Gasteiger partial charge in [-0.1, -0.05) is 5.16 Å². The summed E-state index contributed by atoms with van der Waals surface area (Å²) >= 11 is 0. The van der Waals surface area contributed by atoms with Crippen LogP contribution in [-0.4, -0.2) is 43.7 Å². The van der Waals surface area contributed by atoms with Crippen LogP contribution in [0, 0.1) is 0 Å². The Balaban J connectivity index is 1.59. The number of carbonyl (C=O) groups is 2. The van der Waals surface area contributed by atoms with E-state index in [1.807, 2.05) is 27.7 Å². The number of nitrogens with zero attached hydrogens (tertiary/aromatic N) is 3. The number of hydrogen-bond donors (Lipinski definition) is 1. The molecular weight excluding hydrogens is 312 g/mol. The molecule has 3 fully saturated rings. The van der Waals surface area contributed by atoms with Gasteiger partial charge in [0, 0.05) is 12.3 Å². The molecule has 1 spiro atoms. The summed E-state index contributed by atoms with van der Waals surface area (Å²) < 4.78 is 11.2. The second-order valence-electron chi connectivity index (χ2n) is 8.10. The Bertz CT molecular complexity index is 721. The van der Waals surface area contributed by atoms with Crippen molar-refractivity contribution in [2.75, 3.05) is 0 Å². The molecule has 8 heteroatoms. The van der Waals surface area contributed by atoms with Gasteiger partial charge in [0.05, 0.1) is 17.7 Å². The molecule has 3 aliphatic rings. The maximum absolute atomic E-state index is 13.1. The molecule has 2 saturated heterocycles. The Morgan fingerprint density at radius 1 is 1.25 bits per heavy atom. The molecule has 1 unspecified atom stereocenters. The zero-order valence-electron chi connectivity index (χ0n) is 14.4. The molecule has 1 aromatic rings. The van der Waals surface area contributed by atoms with Crippen LogP contribution in [0.3, 0.4) is 0 Å². The molecule has 0 bridgehead atoms. The summed E-state index contributed by atoms with van der Waals surface area (Å²) in [5.41, 5.74) is -2.35. The molecule has 1 saturated carbocycles. The summed E-state index contributed by atoms with van der Waals surface area (Å²) in [5, 5.41) is 6.76. The van der Waals surface area contributed by atoms with Gasteiger partial charge >= 0.3 is 6.03 Å². The van der Waals surface area contributed by atoms with Crippen molar-refractivity contribution in [3.05, 3.63) is 11.7 Å². The second kappa shape index (κ2) is 4.56. The van der Waals surface area contributed by atoms with E-state index in [-0.39, 0.29) is 12.5 Å². The van der Waals surface area contributed by atoms with Gasteiger partial charge in [0.1, 0.15) is 0 Å². The van der Waals surface area contributed by atoms with E-state index in [1.165, 1.54) is 0 Å². The maximum atomic E-state index is 13.1. The maximum Gasteiger partial charge on any atom is 0.325 e. The first-order valence-electron chi connectivity index (χ1n) is 8.30. The van der Waals surface area contributed by atoms with E-state index in [0.717, 1.165) is 17.7 Å². The summed E-state index contributed by atoms with van der Waals surface area (Å²) in [6, 6.07) is -0.438. The third kappa shape index (κ3) is 2.16. The van der Waals surface area contributed by atoms with E-state index in [2.05, 4.69) is 15.5 Å². The van der Waals surface area contributed by atoms with Gasteiger partial charge < -0.3 is 14.6 Å². The minimum atomic E-state index is -1.06. The zero-order chi connectivity index (χ0) is 17.3. The largest absolute Gasteiger partial charge is 0.367 e. The molecule has 24 heavy (non-hydrogen) atoms. The van der Waals surface area contributed by atoms with E-state index in [9.17, 15) is 9.59 Å². The number of imide groups is 1. The van der Waals surface area contributed by atoms with Gasteiger partial charge in [0.15, 0.2) is 11.4 Å². The van der Waals surface area contributed by atoms with Gasteiger partial charge in [0.25, 0.3) is 5.91 Å². The van der Waals surface area contributed by atoms with Crippen LogP contribution in [0.4, 0.5) is 4.79 Å². The van der Waals surface area contributed by atoms with Crippen LogP contribution < -0.4 is 5.32 Å². The van der Waals surface area contributed by atoms with E-state index >= 15 is 0 Å². The van der Waals surface area contributed by atoms with Gasteiger partial charge in [-0.25, -0.2) is 4.79 Å². The summed E-state index contributed by atoms with van der Waals surface area (Å²) in [4.78, 5) is 31.0. The number of nitrogens with one attached hydrogen (secondary N) is 1. The lowest BCUT2D eigenvalue weighted by Crippen LogP contribution is -2.59. The molecule has 1 atom stereocenters. The number of rotatable bonds is 3. The molecule has 0 radical (unpaired) electrons. The van der Waals surface area contributed by atoms with Crippen LogP contribution in [0.15, 0.2) is 4.52 Å². The minimum absolute atomic E-state index is 0.0130. The molecule has 0 aromatic carbocycles. The van der Waals surface area contributed by atoms with E-state index in [1.54, 1.807) is 0 Å². The lowest BCUT2D eigenvalue weighted by atomic mass is 9.79. The predicted octanol–water partition coefficient (Wildman–Crippen LogP) is 1.72. The number of carbonyl (C=O) groups excluding carboxylic acids is 2. The van der Waals surface area contributed by atoms with Crippen molar-refractivity contribution >= 4 is 11.9 Å². The molecule has 8 nitrogen and oxygen atoms in total. The Morgan fingerprint density at radius 2 is 1.96 bits per heavy atom. The van der Waals surface area contributed by atoms with Crippen molar-refractivity contribution in [1.82, 2.24) is 20.4 Å². The fourth-order valence-corrected chi connectivity index (χ4v) is 3.93.